The summed E-state index contributed by atoms with van der Waals surface area (Å²) in [5.41, 5.74) is 4.63. The summed E-state index contributed by atoms with van der Waals surface area (Å²) in [6, 6.07) is 9.70. The molecule has 0 radical (unpaired) electrons. The number of pyridine rings is 1. The van der Waals surface area contributed by atoms with Gasteiger partial charge < -0.3 is 4.57 Å². The molecule has 0 aliphatic carbocycles. The highest BCUT2D eigenvalue weighted by atomic mass is 19.3. The molecule has 2 aromatic heterocycles. The summed E-state index contributed by atoms with van der Waals surface area (Å²) in [4.78, 5) is 5.71. The number of rotatable bonds is 2. The van der Waals surface area contributed by atoms with Gasteiger partial charge in [0.2, 0.25) is 0 Å². The molecular formula is C21H21F2N3. The monoisotopic (exact) mass is 353 g/mol. The molecule has 134 valence electrons. The molecule has 0 bridgehead atoms. The first-order chi connectivity index (χ1) is 12.4. The highest BCUT2D eigenvalue weighted by Gasteiger charge is 2.43. The maximum atomic E-state index is 15.0. The van der Waals surface area contributed by atoms with E-state index < -0.39 is 5.92 Å². The van der Waals surface area contributed by atoms with Crippen LogP contribution in [0.5, 0.6) is 0 Å². The highest BCUT2D eigenvalue weighted by molar-refractivity contribution is 5.90. The van der Waals surface area contributed by atoms with Gasteiger partial charge in [-0.1, -0.05) is 11.6 Å². The van der Waals surface area contributed by atoms with Crippen molar-refractivity contribution < 1.29 is 8.78 Å². The average molecular weight is 353 g/mol. The van der Waals surface area contributed by atoms with Gasteiger partial charge in [-0.25, -0.2) is 0 Å². The summed E-state index contributed by atoms with van der Waals surface area (Å²) in [6.07, 6.45) is 5.25. The molecule has 0 fully saturated rings. The van der Waals surface area contributed by atoms with Crippen molar-refractivity contribution in [3.05, 3.63) is 65.1 Å². The van der Waals surface area contributed by atoms with E-state index in [1.54, 1.807) is 28.9 Å². The van der Waals surface area contributed by atoms with Gasteiger partial charge in [-0.15, -0.1) is 0 Å². The number of nitrogens with zero attached hydrogens (tertiary/aromatic N) is 3. The van der Waals surface area contributed by atoms with E-state index in [2.05, 4.69) is 4.98 Å². The van der Waals surface area contributed by atoms with Crippen LogP contribution in [0.1, 0.15) is 29.3 Å². The average Bonchev–Trinajstić information content (AvgIpc) is 2.89. The largest absolute Gasteiger partial charge is 0.314 e. The highest BCUT2D eigenvalue weighted by Crippen LogP contribution is 2.42. The quantitative estimate of drug-likeness (QED) is 0.653. The molecule has 0 N–H and O–H groups in total. The molecule has 3 heterocycles. The lowest BCUT2D eigenvalue weighted by atomic mass is 10.0. The Labute approximate surface area is 151 Å². The van der Waals surface area contributed by atoms with Gasteiger partial charge in [0.05, 0.1) is 17.8 Å². The van der Waals surface area contributed by atoms with Gasteiger partial charge >= 0.3 is 5.92 Å². The fourth-order valence-corrected chi connectivity index (χ4v) is 3.81. The molecule has 0 saturated carbocycles. The molecule has 0 spiro atoms. The zero-order valence-corrected chi connectivity index (χ0v) is 15.1. The third kappa shape index (κ3) is 2.72. The Kier molecular flexibility index (Phi) is 3.92. The normalized spacial score (nSPS) is 17.5. The van der Waals surface area contributed by atoms with Crippen molar-refractivity contribution in [1.82, 2.24) is 14.5 Å². The maximum absolute atomic E-state index is 15.0. The molecule has 1 aromatic carbocycles. The second-order valence-corrected chi connectivity index (χ2v) is 7.14. The number of alkyl halides is 2. The van der Waals surface area contributed by atoms with Gasteiger partial charge in [0.1, 0.15) is 0 Å². The molecule has 0 amide bonds. The molecule has 0 atom stereocenters. The number of halogens is 2. The van der Waals surface area contributed by atoms with Gasteiger partial charge in [-0.05, 0) is 56.3 Å². The molecule has 0 saturated heterocycles. The van der Waals surface area contributed by atoms with Crippen molar-refractivity contribution in [3.8, 4) is 0 Å². The lowest BCUT2D eigenvalue weighted by Crippen LogP contribution is -2.39. The van der Waals surface area contributed by atoms with Crippen LogP contribution in [0.2, 0.25) is 0 Å². The summed E-state index contributed by atoms with van der Waals surface area (Å²) in [6.45, 7) is 4.19. The fraction of sp³-hybridized carbons (Fsp3) is 0.286. The number of aromatic nitrogens is 2. The van der Waals surface area contributed by atoms with Crippen LogP contribution in [0.3, 0.4) is 0 Å². The van der Waals surface area contributed by atoms with E-state index in [-0.39, 0.29) is 12.2 Å². The van der Waals surface area contributed by atoms with Crippen molar-refractivity contribution in [1.29, 1.82) is 0 Å². The summed E-state index contributed by atoms with van der Waals surface area (Å²) in [5, 5.41) is 0.907. The maximum Gasteiger partial charge on any atom is 0.300 e. The fourth-order valence-electron chi connectivity index (χ4n) is 3.81. The Hall–Kier alpha value is -2.53. The van der Waals surface area contributed by atoms with Crippen molar-refractivity contribution in [2.45, 2.75) is 26.3 Å². The Bertz CT molecular complexity index is 1000. The first-order valence-electron chi connectivity index (χ1n) is 8.66. The van der Waals surface area contributed by atoms with Crippen LogP contribution in [0.25, 0.3) is 22.7 Å². The first-order valence-corrected chi connectivity index (χ1v) is 8.66. The minimum Gasteiger partial charge on any atom is -0.314 e. The number of hydrogen-bond acceptors (Lipinski definition) is 2. The second kappa shape index (κ2) is 6.02. The Morgan fingerprint density at radius 2 is 1.92 bits per heavy atom. The molecule has 5 heteroatoms. The lowest BCUT2D eigenvalue weighted by Gasteiger charge is -2.31. The molecular weight excluding hydrogens is 332 g/mol. The van der Waals surface area contributed by atoms with Crippen molar-refractivity contribution in [3.63, 3.8) is 0 Å². The van der Waals surface area contributed by atoms with E-state index in [4.69, 9.17) is 0 Å². The summed E-state index contributed by atoms with van der Waals surface area (Å²) >= 11 is 0. The van der Waals surface area contributed by atoms with Crippen LogP contribution in [0, 0.1) is 6.92 Å². The zero-order valence-electron chi connectivity index (χ0n) is 15.1. The molecule has 26 heavy (non-hydrogen) atoms. The summed E-state index contributed by atoms with van der Waals surface area (Å²) < 4.78 is 31.7. The van der Waals surface area contributed by atoms with Crippen molar-refractivity contribution in [2.75, 3.05) is 13.6 Å². The summed E-state index contributed by atoms with van der Waals surface area (Å²) in [5.74, 6) is -2.90. The SMILES string of the molecule is CC(=Cn1c2c(c3cc(C)ccc31)CN(C)CC2(F)F)c1ccncc1. The van der Waals surface area contributed by atoms with E-state index in [0.29, 0.717) is 6.54 Å². The Morgan fingerprint density at radius 1 is 1.19 bits per heavy atom. The van der Waals surface area contributed by atoms with Gasteiger partial charge in [-0.3, -0.25) is 9.88 Å². The van der Waals surface area contributed by atoms with E-state index in [0.717, 1.165) is 33.2 Å². The Morgan fingerprint density at radius 3 is 2.65 bits per heavy atom. The molecule has 3 aromatic rings. The number of benzene rings is 1. The predicted molar refractivity (Wildman–Crippen MR) is 101 cm³/mol. The van der Waals surface area contributed by atoms with Crippen LogP contribution in [0.4, 0.5) is 8.78 Å². The number of allylic oxidation sites excluding steroid dienone is 1. The predicted octanol–water partition coefficient (Wildman–Crippen LogP) is 4.90. The number of fused-ring (bicyclic) bond motifs is 3. The van der Waals surface area contributed by atoms with Crippen LogP contribution in [-0.4, -0.2) is 28.0 Å². The summed E-state index contributed by atoms with van der Waals surface area (Å²) in [7, 11) is 1.74. The Balaban J connectivity index is 2.01. The number of likely N-dealkylation sites (N-methyl/N-ethyl adjacent to an activating group) is 1. The van der Waals surface area contributed by atoms with Crippen LogP contribution < -0.4 is 0 Å². The van der Waals surface area contributed by atoms with E-state index in [9.17, 15) is 8.78 Å². The van der Waals surface area contributed by atoms with Gasteiger partial charge in [0.25, 0.3) is 0 Å². The topological polar surface area (TPSA) is 21.1 Å². The second-order valence-electron chi connectivity index (χ2n) is 7.14. The van der Waals surface area contributed by atoms with E-state index >= 15 is 0 Å². The van der Waals surface area contributed by atoms with Gasteiger partial charge in [-0.2, -0.15) is 8.78 Å². The number of hydrogen-bond donors (Lipinski definition) is 0. The molecule has 4 rings (SSSR count). The van der Waals surface area contributed by atoms with Crippen LogP contribution >= 0.6 is 0 Å². The molecule has 1 aliphatic rings. The zero-order chi connectivity index (χ0) is 18.5. The van der Waals surface area contributed by atoms with E-state index in [1.807, 2.05) is 50.4 Å². The third-order valence-electron chi connectivity index (χ3n) is 4.96. The smallest absolute Gasteiger partial charge is 0.300 e. The molecule has 0 unspecified atom stereocenters. The van der Waals surface area contributed by atoms with E-state index in [1.165, 1.54) is 0 Å². The van der Waals surface area contributed by atoms with Gasteiger partial charge in [0, 0.05) is 36.1 Å². The lowest BCUT2D eigenvalue weighted by molar-refractivity contribution is -0.0499. The van der Waals surface area contributed by atoms with Crippen molar-refractivity contribution in [2.24, 2.45) is 0 Å². The third-order valence-corrected chi connectivity index (χ3v) is 4.96. The van der Waals surface area contributed by atoms with Gasteiger partial charge in [0.15, 0.2) is 0 Å². The molecule has 3 nitrogen and oxygen atoms in total. The minimum atomic E-state index is -2.90. The number of aryl methyl sites for hydroxylation is 1. The first kappa shape index (κ1) is 16.9. The van der Waals surface area contributed by atoms with Crippen molar-refractivity contribution >= 4 is 22.7 Å². The van der Waals surface area contributed by atoms with Crippen LogP contribution in [-0.2, 0) is 12.5 Å². The standard InChI is InChI=1S/C21H21F2N3/c1-14-4-5-19-17(10-14)18-12-25(3)13-21(22,23)20(18)26(19)11-15(2)16-6-8-24-9-7-16/h4-11H,12-13H2,1-3H3. The van der Waals surface area contributed by atoms with Crippen LogP contribution in [0.15, 0.2) is 42.7 Å². The minimum absolute atomic E-state index is 0.115. The molecule has 1 aliphatic heterocycles.